The van der Waals surface area contributed by atoms with Crippen molar-refractivity contribution in [3.8, 4) is 0 Å². The third-order valence-electron chi connectivity index (χ3n) is 1.59. The van der Waals surface area contributed by atoms with Gasteiger partial charge >= 0.3 is 12.1 Å². The molecule has 1 amide bonds. The minimum absolute atomic E-state index is 0.0771. The molecule has 0 atom stereocenters. The largest absolute Gasteiger partial charge is 0.464 e. The number of aliphatic hydroxyl groups is 1. The highest BCUT2D eigenvalue weighted by Crippen LogP contribution is 2.06. The van der Waals surface area contributed by atoms with Crippen LogP contribution in [-0.4, -0.2) is 42.5 Å². The number of carbonyl (C=O) groups is 2. The Labute approximate surface area is 121 Å². The lowest BCUT2D eigenvalue weighted by Crippen LogP contribution is -2.36. The van der Waals surface area contributed by atoms with Crippen LogP contribution in [0.5, 0.6) is 0 Å². The third kappa shape index (κ3) is 19.0. The van der Waals surface area contributed by atoms with E-state index in [0.29, 0.717) is 12.8 Å². The lowest BCUT2D eigenvalue weighted by atomic mass is 10.2. The van der Waals surface area contributed by atoms with Crippen molar-refractivity contribution < 1.29 is 24.2 Å². The van der Waals surface area contributed by atoms with Crippen LogP contribution < -0.4 is 5.32 Å². The molecular formula is C14H29NO5. The molecule has 2 N–H and O–H groups in total. The zero-order valence-electron chi connectivity index (χ0n) is 13.3. The Morgan fingerprint density at radius 2 is 1.70 bits per heavy atom. The lowest BCUT2D eigenvalue weighted by molar-refractivity contribution is -0.142. The van der Waals surface area contributed by atoms with E-state index in [2.05, 4.69) is 19.2 Å². The molecule has 0 aliphatic heterocycles. The van der Waals surface area contributed by atoms with Crippen molar-refractivity contribution in [2.75, 3.05) is 19.8 Å². The first-order chi connectivity index (χ1) is 9.26. The van der Waals surface area contributed by atoms with Gasteiger partial charge in [0.2, 0.25) is 0 Å². The summed E-state index contributed by atoms with van der Waals surface area (Å²) in [6, 6.07) is 0. The number of hydrogen-bond donors (Lipinski definition) is 2. The lowest BCUT2D eigenvalue weighted by Gasteiger charge is -2.19. The van der Waals surface area contributed by atoms with Gasteiger partial charge in [-0.25, -0.2) is 4.79 Å². The molecule has 6 nitrogen and oxygen atoms in total. The molecule has 0 aromatic rings. The van der Waals surface area contributed by atoms with E-state index >= 15 is 0 Å². The molecule has 0 radical (unpaired) electrons. The van der Waals surface area contributed by atoms with Crippen LogP contribution in [0.25, 0.3) is 0 Å². The number of aliphatic hydroxyl groups excluding tert-OH is 1. The van der Waals surface area contributed by atoms with Gasteiger partial charge in [0.25, 0.3) is 0 Å². The van der Waals surface area contributed by atoms with Gasteiger partial charge in [-0.3, -0.25) is 4.79 Å². The van der Waals surface area contributed by atoms with Crippen LogP contribution in [0.2, 0.25) is 0 Å². The summed E-state index contributed by atoms with van der Waals surface area (Å²) in [5.41, 5.74) is -0.588. The Morgan fingerprint density at radius 3 is 2.15 bits per heavy atom. The van der Waals surface area contributed by atoms with Crippen LogP contribution >= 0.6 is 0 Å². The Bertz CT molecular complexity index is 261. The maximum atomic E-state index is 11.2. The number of unbranched alkanes of at least 4 members (excludes halogenated alkanes) is 1. The average Bonchev–Trinajstić information content (AvgIpc) is 2.31. The highest BCUT2D eigenvalue weighted by Gasteiger charge is 2.16. The second-order valence-corrected chi connectivity index (χ2v) is 5.21. The number of hydrogen-bond acceptors (Lipinski definition) is 5. The fourth-order valence-electron chi connectivity index (χ4n) is 0.909. The van der Waals surface area contributed by atoms with Gasteiger partial charge in [-0.05, 0) is 33.6 Å². The smallest absolute Gasteiger partial charge is 0.408 e. The van der Waals surface area contributed by atoms with Crippen LogP contribution in [0.1, 0.15) is 53.9 Å². The molecule has 0 unspecified atom stereocenters. The zero-order valence-corrected chi connectivity index (χ0v) is 13.3. The molecule has 0 aliphatic carbocycles. The molecular weight excluding hydrogens is 262 g/mol. The maximum Gasteiger partial charge on any atom is 0.408 e. The van der Waals surface area contributed by atoms with E-state index in [1.807, 2.05) is 0 Å². The summed E-state index contributed by atoms with van der Waals surface area (Å²) in [4.78, 5) is 22.3. The molecule has 0 saturated carbocycles. The van der Waals surface area contributed by atoms with Crippen molar-refractivity contribution in [2.45, 2.75) is 59.5 Å². The van der Waals surface area contributed by atoms with Crippen LogP contribution in [-0.2, 0) is 14.3 Å². The van der Waals surface area contributed by atoms with Gasteiger partial charge in [-0.15, -0.1) is 0 Å². The average molecular weight is 291 g/mol. The zero-order chi connectivity index (χ0) is 16.0. The van der Waals surface area contributed by atoms with E-state index in [1.165, 1.54) is 6.42 Å². The van der Waals surface area contributed by atoms with Gasteiger partial charge in [-0.2, -0.15) is 0 Å². The van der Waals surface area contributed by atoms with Crippen molar-refractivity contribution in [2.24, 2.45) is 0 Å². The van der Waals surface area contributed by atoms with E-state index in [4.69, 9.17) is 14.6 Å². The number of ether oxygens (including phenoxy) is 2. The van der Waals surface area contributed by atoms with Crippen LogP contribution in [0.4, 0.5) is 4.79 Å². The first-order valence-corrected chi connectivity index (χ1v) is 7.00. The summed E-state index contributed by atoms with van der Waals surface area (Å²) < 4.78 is 9.74. The first kappa shape index (κ1) is 21.0. The molecule has 0 bridgehead atoms. The fraction of sp³-hybridized carbons (Fsp3) is 0.857. The predicted octanol–water partition coefficient (Wildman–Crippen LogP) is 2.24. The van der Waals surface area contributed by atoms with Crippen molar-refractivity contribution >= 4 is 12.1 Å². The van der Waals surface area contributed by atoms with E-state index in [0.717, 1.165) is 0 Å². The maximum absolute atomic E-state index is 11.2. The highest BCUT2D eigenvalue weighted by atomic mass is 16.6. The number of alkyl carbamates (subject to hydrolysis) is 1. The van der Waals surface area contributed by atoms with Crippen LogP contribution in [0, 0.1) is 0 Å². The van der Waals surface area contributed by atoms with E-state index < -0.39 is 17.7 Å². The molecule has 0 spiro atoms. The summed E-state index contributed by atoms with van der Waals surface area (Å²) in [6.45, 7) is 9.57. The van der Waals surface area contributed by atoms with Crippen LogP contribution in [0.3, 0.4) is 0 Å². The number of esters is 1. The number of nitrogens with one attached hydrogen (secondary N) is 1. The van der Waals surface area contributed by atoms with E-state index in [-0.39, 0.29) is 19.8 Å². The van der Waals surface area contributed by atoms with Crippen molar-refractivity contribution in [3.63, 3.8) is 0 Å². The molecule has 20 heavy (non-hydrogen) atoms. The SMILES string of the molecule is CC(C)(C)OC(=O)NCC(=O)OCCCCO.CCC. The molecule has 120 valence electrons. The van der Waals surface area contributed by atoms with E-state index in [1.54, 1.807) is 20.8 Å². The molecule has 0 heterocycles. The quantitative estimate of drug-likeness (QED) is 0.579. The second-order valence-electron chi connectivity index (χ2n) is 5.21. The second kappa shape index (κ2) is 12.7. The minimum Gasteiger partial charge on any atom is -0.464 e. The number of carbonyl (C=O) groups excluding carboxylic acids is 2. The molecule has 0 saturated heterocycles. The fourth-order valence-corrected chi connectivity index (χ4v) is 0.909. The summed E-state index contributed by atoms with van der Waals surface area (Å²) in [5, 5.41) is 10.8. The predicted molar refractivity (Wildman–Crippen MR) is 77.5 cm³/mol. The normalized spacial score (nSPS) is 10.1. The summed E-state index contributed by atoms with van der Waals surface area (Å²) >= 11 is 0. The van der Waals surface area contributed by atoms with Gasteiger partial charge in [0.05, 0.1) is 6.61 Å². The van der Waals surface area contributed by atoms with Crippen molar-refractivity contribution in [1.82, 2.24) is 5.32 Å². The van der Waals surface area contributed by atoms with Crippen molar-refractivity contribution in [3.05, 3.63) is 0 Å². The first-order valence-electron chi connectivity index (χ1n) is 7.00. The highest BCUT2D eigenvalue weighted by molar-refractivity contribution is 5.77. The molecule has 0 aliphatic rings. The topological polar surface area (TPSA) is 84.9 Å². The molecule has 0 rings (SSSR count). The Balaban J connectivity index is 0. The van der Waals surface area contributed by atoms with Gasteiger partial charge in [-0.1, -0.05) is 20.3 Å². The summed E-state index contributed by atoms with van der Waals surface area (Å²) in [5.74, 6) is -0.520. The third-order valence-corrected chi connectivity index (χ3v) is 1.59. The van der Waals surface area contributed by atoms with Gasteiger partial charge in [0.1, 0.15) is 12.1 Å². The van der Waals surface area contributed by atoms with Crippen molar-refractivity contribution in [1.29, 1.82) is 0 Å². The van der Waals surface area contributed by atoms with Crippen LogP contribution in [0.15, 0.2) is 0 Å². The molecule has 6 heteroatoms. The molecule has 0 aromatic carbocycles. The minimum atomic E-state index is -0.648. The van der Waals surface area contributed by atoms with Gasteiger partial charge < -0.3 is 19.9 Å². The number of amides is 1. The standard InChI is InChI=1S/C11H21NO5.C3H8/c1-11(2,3)17-10(15)12-8-9(14)16-7-5-4-6-13;1-3-2/h13H,4-8H2,1-3H3,(H,12,15);3H2,1-2H3. The van der Waals surface area contributed by atoms with Gasteiger partial charge in [0.15, 0.2) is 0 Å². The Kier molecular flexibility index (Phi) is 13.4. The molecule has 0 fully saturated rings. The van der Waals surface area contributed by atoms with Gasteiger partial charge in [0, 0.05) is 6.61 Å². The summed E-state index contributed by atoms with van der Waals surface area (Å²) in [6.07, 6.45) is 1.80. The Morgan fingerprint density at radius 1 is 1.15 bits per heavy atom. The summed E-state index contributed by atoms with van der Waals surface area (Å²) in [7, 11) is 0. The Hall–Kier alpha value is -1.30. The van der Waals surface area contributed by atoms with E-state index in [9.17, 15) is 9.59 Å². The number of rotatable bonds is 6. The monoisotopic (exact) mass is 291 g/mol. The molecule has 0 aromatic heterocycles.